The molecule has 0 aliphatic rings. The van der Waals surface area contributed by atoms with Crippen LogP contribution in [-0.4, -0.2) is 41.7 Å². The van der Waals surface area contributed by atoms with Gasteiger partial charge in [0.05, 0.1) is 30.1 Å². The van der Waals surface area contributed by atoms with Crippen molar-refractivity contribution in [1.82, 2.24) is 19.9 Å². The standard InChI is InChI=1S/C20H17ClN4O4S/c1-28-18-11-22-16-9-15(24-20(16)25-18)19(29-13-5-8-17(21)23-10-13)12-3-6-14(7-4-12)30(2,26)27/h3-11,19H,1-2H3,(H,24,25). The van der Waals surface area contributed by atoms with Crippen LogP contribution in [0.3, 0.4) is 0 Å². The Morgan fingerprint density at radius 2 is 1.83 bits per heavy atom. The summed E-state index contributed by atoms with van der Waals surface area (Å²) in [6.45, 7) is 0. The molecule has 4 aromatic rings. The number of benzene rings is 1. The molecule has 3 heterocycles. The molecular formula is C20H17ClN4O4S. The molecule has 4 rings (SSSR count). The van der Waals surface area contributed by atoms with Gasteiger partial charge in [-0.25, -0.2) is 18.4 Å². The predicted octanol–water partition coefficient (Wildman–Crippen LogP) is 3.59. The first-order valence-corrected chi connectivity index (χ1v) is 11.1. The summed E-state index contributed by atoms with van der Waals surface area (Å²) in [5, 5.41) is 0.350. The molecule has 0 spiro atoms. The van der Waals surface area contributed by atoms with Gasteiger partial charge in [-0.05, 0) is 35.9 Å². The third-order valence-electron chi connectivity index (χ3n) is 4.39. The molecule has 3 aromatic heterocycles. The Morgan fingerprint density at radius 3 is 2.47 bits per heavy atom. The SMILES string of the molecule is COc1cnc2cc(C(Oc3ccc(Cl)nc3)c3ccc(S(C)(=O)=O)cc3)[nH]c2n1. The Kier molecular flexibility index (Phi) is 5.31. The van der Waals surface area contributed by atoms with Gasteiger partial charge in [0.1, 0.15) is 16.4 Å². The number of hydrogen-bond acceptors (Lipinski definition) is 7. The zero-order chi connectivity index (χ0) is 21.3. The van der Waals surface area contributed by atoms with Gasteiger partial charge >= 0.3 is 0 Å². The van der Waals surface area contributed by atoms with Crippen molar-refractivity contribution >= 4 is 32.6 Å². The summed E-state index contributed by atoms with van der Waals surface area (Å²) < 4.78 is 34.9. The molecule has 0 radical (unpaired) electrons. The highest BCUT2D eigenvalue weighted by Gasteiger charge is 2.21. The quantitative estimate of drug-likeness (QED) is 0.453. The normalized spacial score (nSPS) is 12.6. The maximum absolute atomic E-state index is 11.8. The summed E-state index contributed by atoms with van der Waals surface area (Å²) in [5.74, 6) is 0.876. The molecule has 1 unspecified atom stereocenters. The van der Waals surface area contributed by atoms with E-state index in [4.69, 9.17) is 21.1 Å². The number of ether oxygens (including phenoxy) is 2. The van der Waals surface area contributed by atoms with Crippen molar-refractivity contribution in [2.24, 2.45) is 0 Å². The number of pyridine rings is 1. The van der Waals surface area contributed by atoms with Crippen molar-refractivity contribution in [3.63, 3.8) is 0 Å². The number of nitrogens with one attached hydrogen (secondary N) is 1. The van der Waals surface area contributed by atoms with E-state index in [9.17, 15) is 8.42 Å². The fraction of sp³-hybridized carbons (Fsp3) is 0.150. The second kappa shape index (κ2) is 7.92. The lowest BCUT2D eigenvalue weighted by atomic mass is 10.1. The number of H-pyrrole nitrogens is 1. The molecule has 0 fully saturated rings. The van der Waals surface area contributed by atoms with Crippen LogP contribution in [0, 0.1) is 0 Å². The number of methoxy groups -OCH3 is 1. The summed E-state index contributed by atoms with van der Waals surface area (Å²) in [4.78, 5) is 16.1. The smallest absolute Gasteiger partial charge is 0.234 e. The predicted molar refractivity (Wildman–Crippen MR) is 112 cm³/mol. The molecule has 0 saturated heterocycles. The van der Waals surface area contributed by atoms with Gasteiger partial charge in [-0.15, -0.1) is 0 Å². The number of aromatic amines is 1. The minimum Gasteiger partial charge on any atom is -0.480 e. The molecule has 8 nitrogen and oxygen atoms in total. The molecule has 0 amide bonds. The van der Waals surface area contributed by atoms with Gasteiger partial charge in [0, 0.05) is 6.26 Å². The highest BCUT2D eigenvalue weighted by atomic mass is 35.5. The van der Waals surface area contributed by atoms with E-state index in [0.29, 0.717) is 33.6 Å². The summed E-state index contributed by atoms with van der Waals surface area (Å²) in [6, 6.07) is 11.6. The van der Waals surface area contributed by atoms with Gasteiger partial charge in [-0.2, -0.15) is 4.98 Å². The van der Waals surface area contributed by atoms with Gasteiger partial charge < -0.3 is 14.5 Å². The first kappa shape index (κ1) is 20.1. The molecule has 154 valence electrons. The van der Waals surface area contributed by atoms with Gasteiger partial charge in [0.2, 0.25) is 5.88 Å². The number of aromatic nitrogens is 4. The van der Waals surface area contributed by atoms with Crippen molar-refractivity contribution in [3.05, 3.63) is 71.3 Å². The van der Waals surface area contributed by atoms with Gasteiger partial charge in [0.15, 0.2) is 21.6 Å². The van der Waals surface area contributed by atoms with Crippen LogP contribution >= 0.6 is 11.6 Å². The first-order valence-electron chi connectivity index (χ1n) is 8.81. The van der Waals surface area contributed by atoms with E-state index in [1.807, 2.05) is 6.07 Å². The van der Waals surface area contributed by atoms with Crippen LogP contribution in [0.4, 0.5) is 0 Å². The second-order valence-corrected chi connectivity index (χ2v) is 8.93. The van der Waals surface area contributed by atoms with Crippen LogP contribution < -0.4 is 9.47 Å². The molecule has 1 N–H and O–H groups in total. The van der Waals surface area contributed by atoms with E-state index in [2.05, 4.69) is 19.9 Å². The number of sulfone groups is 1. The zero-order valence-electron chi connectivity index (χ0n) is 16.0. The third-order valence-corrected chi connectivity index (χ3v) is 5.74. The summed E-state index contributed by atoms with van der Waals surface area (Å²) >= 11 is 5.87. The van der Waals surface area contributed by atoms with Crippen LogP contribution in [0.25, 0.3) is 11.2 Å². The molecular weight excluding hydrogens is 428 g/mol. The van der Waals surface area contributed by atoms with E-state index < -0.39 is 15.9 Å². The number of rotatable bonds is 6. The van der Waals surface area contributed by atoms with Crippen molar-refractivity contribution in [3.8, 4) is 11.6 Å². The fourth-order valence-corrected chi connectivity index (χ4v) is 3.65. The van der Waals surface area contributed by atoms with Crippen molar-refractivity contribution in [2.45, 2.75) is 11.0 Å². The second-order valence-electron chi connectivity index (χ2n) is 6.53. The molecule has 10 heteroatoms. The van der Waals surface area contributed by atoms with Crippen LogP contribution in [-0.2, 0) is 9.84 Å². The molecule has 0 bridgehead atoms. The van der Waals surface area contributed by atoms with E-state index >= 15 is 0 Å². The van der Waals surface area contributed by atoms with Gasteiger partial charge in [0.25, 0.3) is 0 Å². The molecule has 0 aliphatic heterocycles. The van der Waals surface area contributed by atoms with Crippen molar-refractivity contribution < 1.29 is 17.9 Å². The largest absolute Gasteiger partial charge is 0.480 e. The monoisotopic (exact) mass is 444 g/mol. The number of fused-ring (bicyclic) bond motifs is 1. The molecule has 0 aliphatic carbocycles. The van der Waals surface area contributed by atoms with Gasteiger partial charge in [-0.3, -0.25) is 0 Å². The minimum atomic E-state index is -3.31. The molecule has 1 aromatic carbocycles. The van der Waals surface area contributed by atoms with Crippen LogP contribution in [0.5, 0.6) is 11.6 Å². The summed E-state index contributed by atoms with van der Waals surface area (Å²) in [5.41, 5.74) is 2.59. The molecule has 30 heavy (non-hydrogen) atoms. The highest BCUT2D eigenvalue weighted by molar-refractivity contribution is 7.90. The first-order chi connectivity index (χ1) is 14.3. The maximum atomic E-state index is 11.8. The summed E-state index contributed by atoms with van der Waals surface area (Å²) in [6.07, 6.45) is 3.61. The Labute approximate surface area is 177 Å². The van der Waals surface area contributed by atoms with E-state index in [-0.39, 0.29) is 4.90 Å². The van der Waals surface area contributed by atoms with Crippen LogP contribution in [0.15, 0.2) is 59.8 Å². The Morgan fingerprint density at radius 1 is 1.07 bits per heavy atom. The topological polar surface area (TPSA) is 107 Å². The van der Waals surface area contributed by atoms with E-state index in [1.165, 1.54) is 19.5 Å². The molecule has 0 saturated carbocycles. The lowest BCUT2D eigenvalue weighted by molar-refractivity contribution is 0.242. The highest BCUT2D eigenvalue weighted by Crippen LogP contribution is 2.30. The lowest BCUT2D eigenvalue weighted by Crippen LogP contribution is -2.10. The maximum Gasteiger partial charge on any atom is 0.234 e. The number of halogens is 1. The Hall–Kier alpha value is -3.17. The number of nitrogens with zero attached hydrogens (tertiary/aromatic N) is 3. The Bertz CT molecular complexity index is 1290. The average Bonchev–Trinajstić information content (AvgIpc) is 3.15. The van der Waals surface area contributed by atoms with Crippen molar-refractivity contribution in [1.29, 1.82) is 0 Å². The lowest BCUT2D eigenvalue weighted by Gasteiger charge is -2.19. The van der Waals surface area contributed by atoms with Crippen LogP contribution in [0.1, 0.15) is 17.4 Å². The van der Waals surface area contributed by atoms with Crippen LogP contribution in [0.2, 0.25) is 5.15 Å². The number of hydrogen-bond donors (Lipinski definition) is 1. The summed E-state index contributed by atoms with van der Waals surface area (Å²) in [7, 11) is -1.79. The minimum absolute atomic E-state index is 0.225. The third kappa shape index (κ3) is 4.22. The average molecular weight is 445 g/mol. The van der Waals surface area contributed by atoms with Gasteiger partial charge in [-0.1, -0.05) is 23.7 Å². The fourth-order valence-electron chi connectivity index (χ4n) is 2.91. The zero-order valence-corrected chi connectivity index (χ0v) is 17.6. The molecule has 1 atom stereocenters. The van der Waals surface area contributed by atoms with Crippen molar-refractivity contribution in [2.75, 3.05) is 13.4 Å². The van der Waals surface area contributed by atoms with E-state index in [0.717, 1.165) is 11.8 Å². The van der Waals surface area contributed by atoms with E-state index in [1.54, 1.807) is 36.4 Å². The Balaban J connectivity index is 1.77.